The largest absolute Gasteiger partial charge is 0.243 e. The van der Waals surface area contributed by atoms with Crippen LogP contribution in [0.3, 0.4) is 0 Å². The van der Waals surface area contributed by atoms with E-state index in [2.05, 4.69) is 20.7 Å². The van der Waals surface area contributed by atoms with Gasteiger partial charge in [0, 0.05) is 11.9 Å². The summed E-state index contributed by atoms with van der Waals surface area (Å²) < 4.78 is 51.6. The average molecular weight is 328 g/mol. The molecule has 0 saturated heterocycles. The van der Waals surface area contributed by atoms with E-state index in [1.54, 1.807) is 0 Å². The highest BCUT2D eigenvalue weighted by molar-refractivity contribution is 9.09. The summed E-state index contributed by atoms with van der Waals surface area (Å²) in [7, 11) is -3.97. The zero-order valence-corrected chi connectivity index (χ0v) is 11.3. The lowest BCUT2D eigenvalue weighted by Crippen LogP contribution is -2.25. The van der Waals surface area contributed by atoms with E-state index in [0.717, 1.165) is 23.9 Å². The van der Waals surface area contributed by atoms with Crippen molar-refractivity contribution in [2.24, 2.45) is 0 Å². The minimum Gasteiger partial charge on any atom is -0.211 e. The van der Waals surface area contributed by atoms with Crippen LogP contribution in [-0.4, -0.2) is 20.3 Å². The van der Waals surface area contributed by atoms with Gasteiger partial charge >= 0.3 is 0 Å². The molecule has 96 valence electrons. The monoisotopic (exact) mass is 327 g/mol. The second-order valence-corrected chi connectivity index (χ2v) is 5.90. The summed E-state index contributed by atoms with van der Waals surface area (Å²) in [6.07, 6.45) is 1.43. The Morgan fingerprint density at radius 1 is 1.24 bits per heavy atom. The highest BCUT2D eigenvalue weighted by Crippen LogP contribution is 2.15. The van der Waals surface area contributed by atoms with Gasteiger partial charge in [-0.05, 0) is 31.0 Å². The van der Waals surface area contributed by atoms with Crippen molar-refractivity contribution < 1.29 is 17.2 Å². The van der Waals surface area contributed by atoms with Crippen LogP contribution in [-0.2, 0) is 10.0 Å². The zero-order chi connectivity index (χ0) is 12.9. The first-order valence-corrected chi connectivity index (χ1v) is 7.58. The molecular weight excluding hydrogens is 316 g/mol. The quantitative estimate of drug-likeness (QED) is 0.644. The van der Waals surface area contributed by atoms with Gasteiger partial charge in [0.15, 0.2) is 0 Å². The smallest absolute Gasteiger partial charge is 0.211 e. The van der Waals surface area contributed by atoms with Gasteiger partial charge < -0.3 is 0 Å². The Kier molecular flexibility index (Phi) is 5.48. The van der Waals surface area contributed by atoms with Crippen LogP contribution in [0.15, 0.2) is 23.1 Å². The molecule has 0 heterocycles. The highest BCUT2D eigenvalue weighted by atomic mass is 79.9. The topological polar surface area (TPSA) is 46.2 Å². The van der Waals surface area contributed by atoms with Crippen LogP contribution in [0, 0.1) is 11.6 Å². The Balaban J connectivity index is 2.79. The molecule has 0 radical (unpaired) electrons. The molecule has 0 amide bonds. The second-order valence-electron chi connectivity index (χ2n) is 3.37. The minimum atomic E-state index is -3.97. The van der Waals surface area contributed by atoms with Crippen molar-refractivity contribution in [1.29, 1.82) is 0 Å². The third-order valence-corrected chi connectivity index (χ3v) is 4.07. The molecule has 0 aromatic heterocycles. The first-order chi connectivity index (χ1) is 7.97. The normalized spacial score (nSPS) is 11.7. The number of hydrogen-bond acceptors (Lipinski definition) is 2. The number of rotatable bonds is 6. The molecule has 1 N–H and O–H groups in total. The van der Waals surface area contributed by atoms with Crippen molar-refractivity contribution in [3.05, 3.63) is 29.8 Å². The van der Waals surface area contributed by atoms with Crippen LogP contribution in [0.4, 0.5) is 8.78 Å². The van der Waals surface area contributed by atoms with Crippen molar-refractivity contribution in [3.63, 3.8) is 0 Å². The second kappa shape index (κ2) is 6.42. The fourth-order valence-electron chi connectivity index (χ4n) is 1.19. The predicted octanol–water partition coefficient (Wildman–Crippen LogP) is 2.42. The summed E-state index contributed by atoms with van der Waals surface area (Å²) in [6.45, 7) is 0.198. The molecular formula is C10H12BrF2NO2S. The molecule has 17 heavy (non-hydrogen) atoms. The fourth-order valence-corrected chi connectivity index (χ4v) is 2.74. The van der Waals surface area contributed by atoms with Gasteiger partial charge in [0.05, 0.1) is 0 Å². The average Bonchev–Trinajstić information content (AvgIpc) is 2.28. The summed E-state index contributed by atoms with van der Waals surface area (Å²) in [4.78, 5) is -0.656. The number of halogens is 3. The standard InChI is InChI=1S/C10H12BrF2NO2S/c11-5-1-2-6-14-17(15,16)10-7-8(12)3-4-9(10)13/h3-4,7,14H,1-2,5-6H2. The lowest BCUT2D eigenvalue weighted by atomic mass is 10.3. The lowest BCUT2D eigenvalue weighted by molar-refractivity contribution is 0.544. The van der Waals surface area contributed by atoms with Gasteiger partial charge in [0.1, 0.15) is 16.5 Å². The maximum absolute atomic E-state index is 13.2. The lowest BCUT2D eigenvalue weighted by Gasteiger charge is -2.07. The van der Waals surface area contributed by atoms with Crippen LogP contribution in [0.25, 0.3) is 0 Å². The van der Waals surface area contributed by atoms with Crippen LogP contribution in [0.5, 0.6) is 0 Å². The maximum Gasteiger partial charge on any atom is 0.243 e. The third-order valence-electron chi connectivity index (χ3n) is 2.04. The van der Waals surface area contributed by atoms with E-state index in [0.29, 0.717) is 12.5 Å². The van der Waals surface area contributed by atoms with Crippen molar-refractivity contribution >= 4 is 26.0 Å². The molecule has 1 rings (SSSR count). The van der Waals surface area contributed by atoms with Gasteiger partial charge in [-0.3, -0.25) is 0 Å². The number of nitrogens with one attached hydrogen (secondary N) is 1. The summed E-state index contributed by atoms with van der Waals surface area (Å²) in [5, 5.41) is 0.767. The van der Waals surface area contributed by atoms with Gasteiger partial charge in [-0.1, -0.05) is 15.9 Å². The van der Waals surface area contributed by atoms with Crippen molar-refractivity contribution in [3.8, 4) is 0 Å². The van der Waals surface area contributed by atoms with Crippen LogP contribution >= 0.6 is 15.9 Å². The molecule has 7 heteroatoms. The number of benzene rings is 1. The summed E-state index contributed by atoms with van der Waals surface area (Å²) in [5.41, 5.74) is 0. The fraction of sp³-hybridized carbons (Fsp3) is 0.400. The van der Waals surface area contributed by atoms with E-state index in [1.807, 2.05) is 0 Å². The van der Waals surface area contributed by atoms with Crippen molar-refractivity contribution in [2.75, 3.05) is 11.9 Å². The number of alkyl halides is 1. The molecule has 0 saturated carbocycles. The van der Waals surface area contributed by atoms with Gasteiger partial charge in [-0.2, -0.15) is 0 Å². The Morgan fingerprint density at radius 2 is 1.94 bits per heavy atom. The molecule has 0 aliphatic carbocycles. The number of sulfonamides is 1. The summed E-state index contributed by atoms with van der Waals surface area (Å²) in [5.74, 6) is -1.74. The van der Waals surface area contributed by atoms with Crippen molar-refractivity contribution in [2.45, 2.75) is 17.7 Å². The molecule has 0 aliphatic rings. The highest BCUT2D eigenvalue weighted by Gasteiger charge is 2.19. The van der Waals surface area contributed by atoms with Gasteiger partial charge in [-0.25, -0.2) is 21.9 Å². The zero-order valence-electron chi connectivity index (χ0n) is 8.92. The Hall–Kier alpha value is -0.530. The molecule has 0 spiro atoms. The van der Waals surface area contributed by atoms with Crippen molar-refractivity contribution in [1.82, 2.24) is 4.72 Å². The van der Waals surface area contributed by atoms with Gasteiger partial charge in [0.25, 0.3) is 0 Å². The molecule has 0 aliphatic heterocycles. The number of unbranched alkanes of at least 4 members (excludes halogenated alkanes) is 1. The Bertz CT molecular complexity index is 479. The molecule has 3 nitrogen and oxygen atoms in total. The van der Waals surface area contributed by atoms with Crippen LogP contribution < -0.4 is 4.72 Å². The summed E-state index contributed by atoms with van der Waals surface area (Å²) in [6, 6.07) is 2.34. The van der Waals surface area contributed by atoms with E-state index in [1.165, 1.54) is 0 Å². The molecule has 0 unspecified atom stereocenters. The van der Waals surface area contributed by atoms with Crippen LogP contribution in [0.1, 0.15) is 12.8 Å². The molecule has 0 atom stereocenters. The first-order valence-electron chi connectivity index (χ1n) is 4.98. The van der Waals surface area contributed by atoms with E-state index in [9.17, 15) is 17.2 Å². The number of hydrogen-bond donors (Lipinski definition) is 1. The van der Waals surface area contributed by atoms with E-state index >= 15 is 0 Å². The maximum atomic E-state index is 13.2. The molecule has 1 aromatic carbocycles. The first kappa shape index (κ1) is 14.5. The predicted molar refractivity (Wildman–Crippen MR) is 64.6 cm³/mol. The van der Waals surface area contributed by atoms with E-state index in [-0.39, 0.29) is 6.54 Å². The van der Waals surface area contributed by atoms with Gasteiger partial charge in [0.2, 0.25) is 10.0 Å². The Morgan fingerprint density at radius 3 is 2.59 bits per heavy atom. The van der Waals surface area contributed by atoms with Crippen LogP contribution in [0.2, 0.25) is 0 Å². The molecule has 1 aromatic rings. The Labute approximate surface area is 107 Å². The summed E-state index contributed by atoms with van der Waals surface area (Å²) >= 11 is 3.21. The van der Waals surface area contributed by atoms with E-state index < -0.39 is 26.6 Å². The minimum absolute atomic E-state index is 0.198. The SMILES string of the molecule is O=S(=O)(NCCCCBr)c1cc(F)ccc1F. The van der Waals surface area contributed by atoms with Gasteiger partial charge in [-0.15, -0.1) is 0 Å². The molecule has 0 fully saturated rings. The molecule has 0 bridgehead atoms. The third kappa shape index (κ3) is 4.33. The van der Waals surface area contributed by atoms with E-state index in [4.69, 9.17) is 0 Å².